The minimum absolute atomic E-state index is 0.247. The maximum Gasteiger partial charge on any atom is 0.310 e. The Morgan fingerprint density at radius 2 is 2.00 bits per heavy atom. The van der Waals surface area contributed by atoms with Crippen LogP contribution in [0.15, 0.2) is 0 Å². The number of esters is 1. The lowest BCUT2D eigenvalue weighted by atomic mass is 10.1. The maximum absolute atomic E-state index is 12.4. The summed E-state index contributed by atoms with van der Waals surface area (Å²) in [5, 5.41) is 1.57. The number of rotatable bonds is 5. The topological polar surface area (TPSA) is 92.8 Å². The molecule has 0 bridgehead atoms. The largest absolute Gasteiger partial charge is 0.469 e. The molecule has 1 fully saturated rings. The molecule has 0 aliphatic heterocycles. The van der Waals surface area contributed by atoms with Crippen molar-refractivity contribution in [1.82, 2.24) is 9.62 Å². The van der Waals surface area contributed by atoms with Gasteiger partial charge in [0.15, 0.2) is 0 Å². The molecule has 1 N–H and O–H groups in total. The fourth-order valence-electron chi connectivity index (χ4n) is 2.31. The van der Waals surface area contributed by atoms with E-state index < -0.39 is 33.1 Å². The van der Waals surface area contributed by atoms with E-state index in [1.807, 2.05) is 0 Å². The van der Waals surface area contributed by atoms with E-state index in [4.69, 9.17) is 0 Å². The lowest BCUT2D eigenvalue weighted by Gasteiger charge is -2.24. The van der Waals surface area contributed by atoms with Gasteiger partial charge < -0.3 is 10.1 Å². The third-order valence-corrected chi connectivity index (χ3v) is 5.75. The number of likely N-dealkylation sites (N-methyl/N-ethyl adjacent to an activating group) is 2. The molecule has 0 aromatic carbocycles. The van der Waals surface area contributed by atoms with E-state index in [2.05, 4.69) is 10.1 Å². The highest BCUT2D eigenvalue weighted by molar-refractivity contribution is 7.89. The average molecular weight is 292 g/mol. The Bertz CT molecular complexity index is 448. The summed E-state index contributed by atoms with van der Waals surface area (Å²) in [6.45, 7) is -0.247. The number of sulfonamides is 1. The molecule has 110 valence electrons. The van der Waals surface area contributed by atoms with E-state index in [1.54, 1.807) is 0 Å². The van der Waals surface area contributed by atoms with E-state index in [9.17, 15) is 18.0 Å². The molecule has 0 aromatic rings. The molecule has 1 rings (SSSR count). The third kappa shape index (κ3) is 3.44. The van der Waals surface area contributed by atoms with E-state index >= 15 is 0 Å². The molecule has 1 amide bonds. The van der Waals surface area contributed by atoms with Gasteiger partial charge in [0.05, 0.1) is 24.8 Å². The summed E-state index contributed by atoms with van der Waals surface area (Å²) in [4.78, 5) is 22.8. The first-order valence-electron chi connectivity index (χ1n) is 6.08. The molecule has 1 aliphatic carbocycles. The fourth-order valence-corrected chi connectivity index (χ4v) is 4.19. The van der Waals surface area contributed by atoms with Crippen LogP contribution in [0.2, 0.25) is 0 Å². The number of nitrogens with one attached hydrogen (secondary N) is 1. The van der Waals surface area contributed by atoms with Crippen LogP contribution in [-0.4, -0.2) is 57.6 Å². The van der Waals surface area contributed by atoms with Crippen molar-refractivity contribution in [2.75, 3.05) is 27.7 Å². The normalized spacial score (nSPS) is 23.4. The van der Waals surface area contributed by atoms with Crippen LogP contribution in [0, 0.1) is 5.92 Å². The summed E-state index contributed by atoms with van der Waals surface area (Å²) in [6.07, 6.45) is 1.59. The highest BCUT2D eigenvalue weighted by Gasteiger charge is 2.44. The monoisotopic (exact) mass is 292 g/mol. The van der Waals surface area contributed by atoms with Crippen LogP contribution in [-0.2, 0) is 24.3 Å². The summed E-state index contributed by atoms with van der Waals surface area (Å²) in [5.41, 5.74) is 0. The molecule has 2 atom stereocenters. The lowest BCUT2D eigenvalue weighted by Crippen LogP contribution is -2.44. The van der Waals surface area contributed by atoms with Crippen molar-refractivity contribution < 1.29 is 22.7 Å². The Labute approximate surface area is 113 Å². The molecule has 0 radical (unpaired) electrons. The summed E-state index contributed by atoms with van der Waals surface area (Å²) >= 11 is 0. The van der Waals surface area contributed by atoms with Gasteiger partial charge in [-0.3, -0.25) is 9.59 Å². The summed E-state index contributed by atoms with van der Waals surface area (Å²) in [5.74, 6) is -1.53. The molecule has 0 spiro atoms. The Kier molecular flexibility index (Phi) is 5.30. The Morgan fingerprint density at radius 1 is 1.37 bits per heavy atom. The van der Waals surface area contributed by atoms with Gasteiger partial charge in [0.2, 0.25) is 15.9 Å². The highest BCUT2D eigenvalue weighted by atomic mass is 32.2. The van der Waals surface area contributed by atoms with Crippen molar-refractivity contribution in [3.8, 4) is 0 Å². The molecular formula is C11H20N2O5S. The molecule has 0 saturated heterocycles. The molecule has 19 heavy (non-hydrogen) atoms. The van der Waals surface area contributed by atoms with E-state index in [1.165, 1.54) is 21.2 Å². The van der Waals surface area contributed by atoms with Gasteiger partial charge in [-0.25, -0.2) is 8.42 Å². The van der Waals surface area contributed by atoms with Crippen LogP contribution < -0.4 is 5.32 Å². The summed E-state index contributed by atoms with van der Waals surface area (Å²) in [7, 11) is 0.357. The maximum atomic E-state index is 12.4. The SMILES string of the molecule is CNC(=O)CN(C)S(=O)(=O)C1CCCC1C(=O)OC. The Morgan fingerprint density at radius 3 is 2.53 bits per heavy atom. The number of methoxy groups -OCH3 is 1. The number of ether oxygens (including phenoxy) is 1. The number of amides is 1. The Balaban J connectivity index is 2.86. The average Bonchev–Trinajstić information content (AvgIpc) is 2.87. The van der Waals surface area contributed by atoms with Crippen molar-refractivity contribution in [2.24, 2.45) is 5.92 Å². The summed E-state index contributed by atoms with van der Waals surface area (Å²) < 4.78 is 30.3. The van der Waals surface area contributed by atoms with Crippen LogP contribution in [0.25, 0.3) is 0 Å². The van der Waals surface area contributed by atoms with E-state index in [-0.39, 0.29) is 6.54 Å². The second-order valence-corrected chi connectivity index (χ2v) is 6.83. The van der Waals surface area contributed by atoms with Gasteiger partial charge in [-0.2, -0.15) is 4.31 Å². The zero-order valence-corrected chi connectivity index (χ0v) is 12.2. The molecule has 0 heterocycles. The van der Waals surface area contributed by atoms with Gasteiger partial charge in [-0.15, -0.1) is 0 Å². The van der Waals surface area contributed by atoms with Crippen LogP contribution in [0.3, 0.4) is 0 Å². The van der Waals surface area contributed by atoms with E-state index in [0.717, 1.165) is 4.31 Å². The second kappa shape index (κ2) is 6.33. The van der Waals surface area contributed by atoms with Gasteiger partial charge in [0.1, 0.15) is 0 Å². The molecule has 8 heteroatoms. The molecule has 2 unspecified atom stereocenters. The first-order valence-corrected chi connectivity index (χ1v) is 7.58. The van der Waals surface area contributed by atoms with Crippen molar-refractivity contribution in [1.29, 1.82) is 0 Å². The minimum atomic E-state index is -3.68. The first-order chi connectivity index (χ1) is 8.84. The number of carbonyl (C=O) groups excluding carboxylic acids is 2. The standard InChI is InChI=1S/C11H20N2O5S/c1-12-10(14)7-13(2)19(16,17)9-6-4-5-8(9)11(15)18-3/h8-9H,4-7H2,1-3H3,(H,12,14). The van der Waals surface area contributed by atoms with Crippen molar-refractivity contribution in [3.63, 3.8) is 0 Å². The van der Waals surface area contributed by atoms with Gasteiger partial charge >= 0.3 is 5.97 Å². The van der Waals surface area contributed by atoms with Crippen LogP contribution in [0.5, 0.6) is 0 Å². The smallest absolute Gasteiger partial charge is 0.310 e. The predicted octanol–water partition coefficient (Wildman–Crippen LogP) is -0.664. The molecule has 7 nitrogen and oxygen atoms in total. The summed E-state index contributed by atoms with van der Waals surface area (Å²) in [6, 6.07) is 0. The van der Waals surface area contributed by atoms with Crippen molar-refractivity contribution in [3.05, 3.63) is 0 Å². The number of hydrogen-bond donors (Lipinski definition) is 1. The zero-order valence-electron chi connectivity index (χ0n) is 11.4. The van der Waals surface area contributed by atoms with Crippen molar-refractivity contribution in [2.45, 2.75) is 24.5 Å². The van der Waals surface area contributed by atoms with Gasteiger partial charge in [-0.1, -0.05) is 6.42 Å². The predicted molar refractivity (Wildman–Crippen MR) is 68.8 cm³/mol. The molecule has 1 saturated carbocycles. The number of carbonyl (C=O) groups is 2. The van der Waals surface area contributed by atoms with Gasteiger partial charge in [-0.05, 0) is 12.8 Å². The first kappa shape index (κ1) is 15.9. The molecular weight excluding hydrogens is 272 g/mol. The second-order valence-electron chi connectivity index (χ2n) is 4.57. The lowest BCUT2D eigenvalue weighted by molar-refractivity contribution is -0.145. The van der Waals surface area contributed by atoms with Crippen LogP contribution in [0.1, 0.15) is 19.3 Å². The van der Waals surface area contributed by atoms with Crippen LogP contribution >= 0.6 is 0 Å². The minimum Gasteiger partial charge on any atom is -0.469 e. The van der Waals surface area contributed by atoms with E-state index in [0.29, 0.717) is 19.3 Å². The quantitative estimate of drug-likeness (QED) is 0.679. The number of hydrogen-bond acceptors (Lipinski definition) is 5. The third-order valence-electron chi connectivity index (χ3n) is 3.42. The van der Waals surface area contributed by atoms with Gasteiger partial charge in [0.25, 0.3) is 0 Å². The number of nitrogens with zero attached hydrogens (tertiary/aromatic N) is 1. The fraction of sp³-hybridized carbons (Fsp3) is 0.818. The Hall–Kier alpha value is -1.15. The molecule has 1 aliphatic rings. The van der Waals surface area contributed by atoms with Gasteiger partial charge in [0, 0.05) is 14.1 Å². The zero-order chi connectivity index (χ0) is 14.6. The molecule has 0 aromatic heterocycles. The van der Waals surface area contributed by atoms with Crippen LogP contribution in [0.4, 0.5) is 0 Å². The van der Waals surface area contributed by atoms with Crippen molar-refractivity contribution >= 4 is 21.9 Å². The highest BCUT2D eigenvalue weighted by Crippen LogP contribution is 2.33.